The number of nitrogens with zero attached hydrogens (tertiary/aromatic N) is 2. The largest absolute Gasteiger partial charge is 0.370 e. The molecule has 1 heterocycles. The lowest BCUT2D eigenvalue weighted by Gasteiger charge is -2.34. The number of nitrogens with two attached hydrogens (primary N) is 1. The van der Waals surface area contributed by atoms with E-state index in [0.29, 0.717) is 17.0 Å². The number of carbonyl (C=O) groups excluding carboxylic acids is 1. The lowest BCUT2D eigenvalue weighted by Crippen LogP contribution is -2.37. The molecule has 1 aromatic rings. The molecule has 100 valence electrons. The maximum atomic E-state index is 11.0. The summed E-state index contributed by atoms with van der Waals surface area (Å²) in [5.74, 6) is 0.0110. The first-order valence-corrected chi connectivity index (χ1v) is 6.71. The molecule has 1 atom stereocenters. The van der Waals surface area contributed by atoms with Crippen molar-refractivity contribution in [2.45, 2.75) is 19.3 Å². The van der Waals surface area contributed by atoms with Crippen LogP contribution in [-0.4, -0.2) is 19.0 Å². The first-order chi connectivity index (χ1) is 9.10. The van der Waals surface area contributed by atoms with Gasteiger partial charge in [-0.15, -0.1) is 0 Å². The Balaban J connectivity index is 2.17. The quantitative estimate of drug-likeness (QED) is 0.922. The van der Waals surface area contributed by atoms with Gasteiger partial charge in [0.05, 0.1) is 11.3 Å². The van der Waals surface area contributed by atoms with E-state index in [4.69, 9.17) is 17.3 Å². The number of rotatable bonds is 3. The SMILES string of the molecule is N#Cc1cc(Cl)ccc1N1CCCC(CC(N)=O)C1. The van der Waals surface area contributed by atoms with Crippen molar-refractivity contribution in [1.82, 2.24) is 0 Å². The van der Waals surface area contributed by atoms with Crippen LogP contribution in [0.5, 0.6) is 0 Å². The van der Waals surface area contributed by atoms with Crippen LogP contribution in [-0.2, 0) is 4.79 Å². The average molecular weight is 278 g/mol. The standard InChI is InChI=1S/C14H16ClN3O/c15-12-3-4-13(11(7-12)8-16)18-5-1-2-10(9-18)6-14(17)19/h3-4,7,10H,1-2,5-6,9H2,(H2,17,19). The molecule has 5 heteroatoms. The number of hydrogen-bond donors (Lipinski definition) is 1. The summed E-state index contributed by atoms with van der Waals surface area (Å²) >= 11 is 5.90. The van der Waals surface area contributed by atoms with Crippen molar-refractivity contribution in [1.29, 1.82) is 5.26 Å². The van der Waals surface area contributed by atoms with Gasteiger partial charge in [0.25, 0.3) is 0 Å². The molecular formula is C14H16ClN3O. The van der Waals surface area contributed by atoms with Crippen LogP contribution in [0.15, 0.2) is 18.2 Å². The average Bonchev–Trinajstić information content (AvgIpc) is 2.38. The van der Waals surface area contributed by atoms with Crippen LogP contribution in [0, 0.1) is 17.2 Å². The zero-order chi connectivity index (χ0) is 13.8. The fourth-order valence-corrected chi connectivity index (χ4v) is 2.78. The van der Waals surface area contributed by atoms with Crippen LogP contribution in [0.1, 0.15) is 24.8 Å². The molecule has 2 rings (SSSR count). The lowest BCUT2D eigenvalue weighted by atomic mass is 9.94. The number of amides is 1. The third kappa shape index (κ3) is 3.39. The summed E-state index contributed by atoms with van der Waals surface area (Å²) in [7, 11) is 0. The van der Waals surface area contributed by atoms with E-state index >= 15 is 0 Å². The predicted molar refractivity (Wildman–Crippen MR) is 74.9 cm³/mol. The number of primary amides is 1. The third-order valence-corrected chi connectivity index (χ3v) is 3.66. The summed E-state index contributed by atoms with van der Waals surface area (Å²) in [4.78, 5) is 13.2. The lowest BCUT2D eigenvalue weighted by molar-refractivity contribution is -0.118. The third-order valence-electron chi connectivity index (χ3n) is 3.43. The first kappa shape index (κ1) is 13.7. The Kier molecular flexibility index (Phi) is 4.28. The fraction of sp³-hybridized carbons (Fsp3) is 0.429. The molecule has 0 spiro atoms. The molecule has 0 aliphatic carbocycles. The molecule has 0 bridgehead atoms. The number of nitriles is 1. The van der Waals surface area contributed by atoms with Crippen LogP contribution in [0.3, 0.4) is 0 Å². The topological polar surface area (TPSA) is 70.1 Å². The molecule has 4 nitrogen and oxygen atoms in total. The highest BCUT2D eigenvalue weighted by Gasteiger charge is 2.23. The molecule has 0 aromatic heterocycles. The molecule has 19 heavy (non-hydrogen) atoms. The van der Waals surface area contributed by atoms with Crippen molar-refractivity contribution >= 4 is 23.2 Å². The van der Waals surface area contributed by atoms with Gasteiger partial charge in [-0.25, -0.2) is 0 Å². The second-order valence-electron chi connectivity index (χ2n) is 4.90. The van der Waals surface area contributed by atoms with Crippen molar-refractivity contribution in [3.63, 3.8) is 0 Å². The molecule has 1 amide bonds. The molecule has 0 radical (unpaired) electrons. The second kappa shape index (κ2) is 5.94. The van der Waals surface area contributed by atoms with Crippen LogP contribution < -0.4 is 10.6 Å². The number of anilines is 1. The molecule has 2 N–H and O–H groups in total. The molecule has 1 aromatic carbocycles. The maximum Gasteiger partial charge on any atom is 0.217 e. The van der Waals surface area contributed by atoms with E-state index in [1.807, 2.05) is 6.07 Å². The van der Waals surface area contributed by atoms with Gasteiger partial charge in [0.2, 0.25) is 5.91 Å². The number of carbonyl (C=O) groups is 1. The van der Waals surface area contributed by atoms with Gasteiger partial charge < -0.3 is 10.6 Å². The van der Waals surface area contributed by atoms with E-state index in [1.54, 1.807) is 12.1 Å². The zero-order valence-corrected chi connectivity index (χ0v) is 11.4. The van der Waals surface area contributed by atoms with E-state index < -0.39 is 0 Å². The number of hydrogen-bond acceptors (Lipinski definition) is 3. The van der Waals surface area contributed by atoms with Crippen molar-refractivity contribution in [3.8, 4) is 6.07 Å². The van der Waals surface area contributed by atoms with E-state index in [2.05, 4.69) is 11.0 Å². The minimum Gasteiger partial charge on any atom is -0.370 e. The first-order valence-electron chi connectivity index (χ1n) is 6.33. The van der Waals surface area contributed by atoms with Gasteiger partial charge in [0.1, 0.15) is 6.07 Å². The van der Waals surface area contributed by atoms with Gasteiger partial charge in [-0.2, -0.15) is 5.26 Å². The van der Waals surface area contributed by atoms with Gasteiger partial charge >= 0.3 is 0 Å². The molecule has 1 unspecified atom stereocenters. The van der Waals surface area contributed by atoms with E-state index in [0.717, 1.165) is 31.6 Å². The van der Waals surface area contributed by atoms with Gasteiger partial charge in [-0.05, 0) is 37.0 Å². The highest BCUT2D eigenvalue weighted by molar-refractivity contribution is 6.30. The summed E-state index contributed by atoms with van der Waals surface area (Å²) in [5.41, 5.74) is 6.72. The summed E-state index contributed by atoms with van der Waals surface area (Å²) in [6.45, 7) is 1.66. The Morgan fingerprint density at radius 2 is 2.37 bits per heavy atom. The van der Waals surface area contributed by atoms with Crippen LogP contribution in [0.25, 0.3) is 0 Å². The summed E-state index contributed by atoms with van der Waals surface area (Å²) in [6, 6.07) is 7.50. The molecular weight excluding hydrogens is 262 g/mol. The minimum atomic E-state index is -0.261. The number of halogens is 1. The van der Waals surface area contributed by atoms with Crippen molar-refractivity contribution in [2.24, 2.45) is 11.7 Å². The Hall–Kier alpha value is -1.73. The van der Waals surface area contributed by atoms with E-state index in [9.17, 15) is 10.1 Å². The van der Waals surface area contributed by atoms with E-state index in [1.165, 1.54) is 0 Å². The minimum absolute atomic E-state index is 0.261. The zero-order valence-electron chi connectivity index (χ0n) is 10.6. The summed E-state index contributed by atoms with van der Waals surface area (Å²) in [6.07, 6.45) is 2.42. The molecule has 1 aliphatic rings. The highest BCUT2D eigenvalue weighted by Crippen LogP contribution is 2.29. The van der Waals surface area contributed by atoms with Gasteiger partial charge in [0, 0.05) is 24.5 Å². The summed E-state index contributed by atoms with van der Waals surface area (Å²) < 4.78 is 0. The molecule has 1 fully saturated rings. The summed E-state index contributed by atoms with van der Waals surface area (Å²) in [5, 5.41) is 9.74. The van der Waals surface area contributed by atoms with Crippen molar-refractivity contribution in [2.75, 3.05) is 18.0 Å². The monoisotopic (exact) mass is 277 g/mol. The van der Waals surface area contributed by atoms with Crippen molar-refractivity contribution in [3.05, 3.63) is 28.8 Å². The van der Waals surface area contributed by atoms with E-state index in [-0.39, 0.29) is 11.8 Å². The number of benzene rings is 1. The van der Waals surface area contributed by atoms with Crippen LogP contribution in [0.4, 0.5) is 5.69 Å². The Morgan fingerprint density at radius 1 is 1.58 bits per heavy atom. The predicted octanol–water partition coefficient (Wildman–Crippen LogP) is 2.30. The van der Waals surface area contributed by atoms with Crippen LogP contribution in [0.2, 0.25) is 5.02 Å². The van der Waals surface area contributed by atoms with Crippen LogP contribution >= 0.6 is 11.6 Å². The van der Waals surface area contributed by atoms with Gasteiger partial charge in [-0.3, -0.25) is 4.79 Å². The van der Waals surface area contributed by atoms with Gasteiger partial charge in [-0.1, -0.05) is 11.6 Å². The Labute approximate surface area is 117 Å². The normalized spacial score (nSPS) is 18.9. The highest BCUT2D eigenvalue weighted by atomic mass is 35.5. The Morgan fingerprint density at radius 3 is 3.05 bits per heavy atom. The van der Waals surface area contributed by atoms with Gasteiger partial charge in [0.15, 0.2) is 0 Å². The Bertz CT molecular complexity index is 524. The second-order valence-corrected chi connectivity index (χ2v) is 5.33. The molecule has 0 saturated carbocycles. The van der Waals surface area contributed by atoms with Crippen molar-refractivity contribution < 1.29 is 4.79 Å². The molecule has 1 aliphatic heterocycles. The number of piperidine rings is 1. The maximum absolute atomic E-state index is 11.0. The fourth-order valence-electron chi connectivity index (χ4n) is 2.61. The molecule has 1 saturated heterocycles. The smallest absolute Gasteiger partial charge is 0.217 e.